The standard InChI is InChI=1S/C16H22N6O2.ClH/c1-10-5-6-21(12(7-10)8-17)16(24)13-9-18-22(11(13)2)14-3-4-15(23)20-19-14;/h3-4,9-10,12H,5-8,17H2,1-2H3,(H,20,23);1H. The molecule has 0 aromatic carbocycles. The van der Waals surface area contributed by atoms with Crippen LogP contribution in [0.2, 0.25) is 0 Å². The van der Waals surface area contributed by atoms with Crippen LogP contribution in [-0.2, 0) is 0 Å². The van der Waals surface area contributed by atoms with Crippen LogP contribution in [0.1, 0.15) is 35.8 Å². The SMILES string of the molecule is Cc1c(C(=O)N2CCC(C)CC2CN)cnn1-c1ccc(=O)[nH]n1.Cl. The fourth-order valence-corrected chi connectivity index (χ4v) is 3.20. The highest BCUT2D eigenvalue weighted by atomic mass is 35.5. The summed E-state index contributed by atoms with van der Waals surface area (Å²) in [5.41, 5.74) is 6.80. The van der Waals surface area contributed by atoms with Crippen LogP contribution in [0.25, 0.3) is 5.82 Å². The highest BCUT2D eigenvalue weighted by Crippen LogP contribution is 2.24. The van der Waals surface area contributed by atoms with Gasteiger partial charge < -0.3 is 10.6 Å². The van der Waals surface area contributed by atoms with E-state index in [0.717, 1.165) is 12.8 Å². The molecule has 1 fully saturated rings. The number of nitrogens with one attached hydrogen (secondary N) is 1. The number of carbonyl (C=O) groups excluding carboxylic acids is 1. The van der Waals surface area contributed by atoms with Gasteiger partial charge in [-0.2, -0.15) is 10.2 Å². The van der Waals surface area contributed by atoms with Gasteiger partial charge in [0.05, 0.1) is 17.5 Å². The molecule has 1 saturated heterocycles. The summed E-state index contributed by atoms with van der Waals surface area (Å²) in [7, 11) is 0. The van der Waals surface area contributed by atoms with E-state index in [9.17, 15) is 9.59 Å². The lowest BCUT2D eigenvalue weighted by atomic mass is 9.92. The van der Waals surface area contributed by atoms with Gasteiger partial charge in [-0.1, -0.05) is 6.92 Å². The maximum atomic E-state index is 12.9. The zero-order chi connectivity index (χ0) is 17.3. The molecule has 0 saturated carbocycles. The third-order valence-electron chi connectivity index (χ3n) is 4.63. The van der Waals surface area contributed by atoms with Crippen molar-refractivity contribution in [2.24, 2.45) is 11.7 Å². The fraction of sp³-hybridized carbons (Fsp3) is 0.500. The summed E-state index contributed by atoms with van der Waals surface area (Å²) >= 11 is 0. The summed E-state index contributed by atoms with van der Waals surface area (Å²) < 4.78 is 1.55. The quantitative estimate of drug-likeness (QED) is 0.838. The van der Waals surface area contributed by atoms with Gasteiger partial charge in [0.25, 0.3) is 11.5 Å². The molecule has 8 nitrogen and oxygen atoms in total. The Bertz CT molecular complexity index is 782. The van der Waals surface area contributed by atoms with Crippen molar-refractivity contribution >= 4 is 18.3 Å². The molecule has 3 N–H and O–H groups in total. The molecule has 0 spiro atoms. The van der Waals surface area contributed by atoms with Crippen molar-refractivity contribution in [1.82, 2.24) is 24.9 Å². The third kappa shape index (κ3) is 3.74. The Balaban J connectivity index is 0.00000225. The number of halogens is 1. The van der Waals surface area contributed by atoms with Gasteiger partial charge in [-0.3, -0.25) is 9.59 Å². The number of rotatable bonds is 3. The summed E-state index contributed by atoms with van der Waals surface area (Å²) in [6.07, 6.45) is 3.46. The number of nitrogens with two attached hydrogens (primary N) is 1. The van der Waals surface area contributed by atoms with E-state index >= 15 is 0 Å². The maximum absolute atomic E-state index is 12.9. The van der Waals surface area contributed by atoms with Gasteiger partial charge in [-0.05, 0) is 31.7 Å². The minimum Gasteiger partial charge on any atom is -0.334 e. The molecule has 0 bridgehead atoms. The number of nitrogens with zero attached hydrogens (tertiary/aromatic N) is 4. The molecular weight excluding hydrogens is 344 g/mol. The van der Waals surface area contributed by atoms with Crippen molar-refractivity contribution in [2.75, 3.05) is 13.1 Å². The van der Waals surface area contributed by atoms with E-state index in [0.29, 0.717) is 36.1 Å². The van der Waals surface area contributed by atoms with Crippen LogP contribution >= 0.6 is 12.4 Å². The summed E-state index contributed by atoms with van der Waals surface area (Å²) in [5, 5.41) is 10.6. The summed E-state index contributed by atoms with van der Waals surface area (Å²) in [4.78, 5) is 25.9. The topological polar surface area (TPSA) is 110 Å². The summed E-state index contributed by atoms with van der Waals surface area (Å²) in [5.74, 6) is 0.996. The normalized spacial score (nSPS) is 20.2. The Morgan fingerprint density at radius 3 is 2.84 bits per heavy atom. The van der Waals surface area contributed by atoms with Crippen molar-refractivity contribution in [1.29, 1.82) is 0 Å². The van der Waals surface area contributed by atoms with Gasteiger partial charge in [0.15, 0.2) is 5.82 Å². The number of hydrogen-bond donors (Lipinski definition) is 2. The molecule has 1 amide bonds. The number of aromatic amines is 1. The number of carbonyl (C=O) groups is 1. The minimum absolute atomic E-state index is 0. The molecule has 1 aliphatic rings. The van der Waals surface area contributed by atoms with Crippen molar-refractivity contribution in [3.8, 4) is 5.82 Å². The van der Waals surface area contributed by atoms with Crippen molar-refractivity contribution in [3.63, 3.8) is 0 Å². The molecule has 1 aliphatic heterocycles. The van der Waals surface area contributed by atoms with Crippen LogP contribution in [0.5, 0.6) is 0 Å². The number of H-pyrrole nitrogens is 1. The Labute approximate surface area is 151 Å². The summed E-state index contributed by atoms with van der Waals surface area (Å²) in [6, 6.07) is 3.01. The first-order chi connectivity index (χ1) is 11.5. The van der Waals surface area contributed by atoms with Crippen LogP contribution in [0.3, 0.4) is 0 Å². The van der Waals surface area contributed by atoms with Crippen LogP contribution in [0, 0.1) is 12.8 Å². The van der Waals surface area contributed by atoms with Crippen LogP contribution in [0.4, 0.5) is 0 Å². The van der Waals surface area contributed by atoms with E-state index in [1.54, 1.807) is 16.9 Å². The number of piperidine rings is 1. The zero-order valence-electron chi connectivity index (χ0n) is 14.3. The Hall–Kier alpha value is -2.19. The van der Waals surface area contributed by atoms with E-state index in [2.05, 4.69) is 22.2 Å². The average Bonchev–Trinajstić information content (AvgIpc) is 2.96. The van der Waals surface area contributed by atoms with Gasteiger partial charge in [0.1, 0.15) is 0 Å². The third-order valence-corrected chi connectivity index (χ3v) is 4.63. The zero-order valence-corrected chi connectivity index (χ0v) is 15.1. The second-order valence-corrected chi connectivity index (χ2v) is 6.35. The predicted molar refractivity (Wildman–Crippen MR) is 96.2 cm³/mol. The lowest BCUT2D eigenvalue weighted by molar-refractivity contribution is 0.0573. The van der Waals surface area contributed by atoms with Gasteiger partial charge >= 0.3 is 0 Å². The van der Waals surface area contributed by atoms with E-state index in [-0.39, 0.29) is 29.9 Å². The Morgan fingerprint density at radius 1 is 1.44 bits per heavy atom. The number of likely N-dealkylation sites (tertiary alicyclic amines) is 1. The van der Waals surface area contributed by atoms with E-state index in [1.807, 2.05) is 11.8 Å². The number of hydrogen-bond acceptors (Lipinski definition) is 5. The Morgan fingerprint density at radius 2 is 2.20 bits per heavy atom. The van der Waals surface area contributed by atoms with Gasteiger partial charge in [0, 0.05) is 25.2 Å². The first kappa shape index (κ1) is 19.1. The van der Waals surface area contributed by atoms with Crippen molar-refractivity contribution < 1.29 is 4.79 Å². The smallest absolute Gasteiger partial charge is 0.264 e. The molecule has 3 heterocycles. The molecule has 9 heteroatoms. The molecule has 2 aromatic rings. The molecule has 0 aliphatic carbocycles. The lowest BCUT2D eigenvalue weighted by Crippen LogP contribution is -2.49. The van der Waals surface area contributed by atoms with Gasteiger partial charge in [-0.15, -0.1) is 12.4 Å². The summed E-state index contributed by atoms with van der Waals surface area (Å²) in [6.45, 7) is 5.18. The second-order valence-electron chi connectivity index (χ2n) is 6.35. The molecule has 2 atom stereocenters. The molecule has 2 aromatic heterocycles. The highest BCUT2D eigenvalue weighted by Gasteiger charge is 2.31. The largest absolute Gasteiger partial charge is 0.334 e. The highest BCUT2D eigenvalue weighted by molar-refractivity contribution is 5.95. The van der Waals surface area contributed by atoms with Gasteiger partial charge in [-0.25, -0.2) is 9.78 Å². The lowest BCUT2D eigenvalue weighted by Gasteiger charge is -2.37. The Kier molecular flexibility index (Phi) is 5.97. The fourth-order valence-electron chi connectivity index (χ4n) is 3.20. The van der Waals surface area contributed by atoms with Crippen LogP contribution in [0.15, 0.2) is 23.1 Å². The number of aromatic nitrogens is 4. The molecular formula is C16H23ClN6O2. The monoisotopic (exact) mass is 366 g/mol. The first-order valence-corrected chi connectivity index (χ1v) is 8.13. The van der Waals surface area contributed by atoms with Gasteiger partial charge in [0.2, 0.25) is 0 Å². The first-order valence-electron chi connectivity index (χ1n) is 8.13. The predicted octanol–water partition coefficient (Wildman–Crippen LogP) is 0.885. The molecule has 2 unspecified atom stereocenters. The minimum atomic E-state index is -0.284. The van der Waals surface area contributed by atoms with Crippen LogP contribution < -0.4 is 11.3 Å². The van der Waals surface area contributed by atoms with E-state index in [4.69, 9.17) is 5.73 Å². The maximum Gasteiger partial charge on any atom is 0.264 e. The molecule has 3 rings (SSSR count). The van der Waals surface area contributed by atoms with Crippen molar-refractivity contribution in [3.05, 3.63) is 39.9 Å². The van der Waals surface area contributed by atoms with E-state index in [1.165, 1.54) is 6.07 Å². The van der Waals surface area contributed by atoms with E-state index < -0.39 is 0 Å². The number of amides is 1. The molecule has 136 valence electrons. The second kappa shape index (κ2) is 7.79. The van der Waals surface area contributed by atoms with Crippen LogP contribution in [-0.4, -0.2) is 49.9 Å². The molecule has 25 heavy (non-hydrogen) atoms. The van der Waals surface area contributed by atoms with Crippen molar-refractivity contribution in [2.45, 2.75) is 32.7 Å². The average molecular weight is 367 g/mol. The molecule has 0 radical (unpaired) electrons.